The van der Waals surface area contributed by atoms with Crippen molar-refractivity contribution in [3.8, 4) is 0 Å². The SMILES string of the molecule is C[C@@H](N)C(=O)N1CCCN(C(=O)c2ccccc2)CC1. The van der Waals surface area contributed by atoms with Gasteiger partial charge in [0, 0.05) is 31.7 Å². The fourth-order valence-corrected chi connectivity index (χ4v) is 2.39. The normalized spacial score (nSPS) is 17.5. The molecule has 1 fully saturated rings. The van der Waals surface area contributed by atoms with Crippen LogP contribution in [0.2, 0.25) is 0 Å². The molecule has 2 rings (SSSR count). The first kappa shape index (κ1) is 14.5. The summed E-state index contributed by atoms with van der Waals surface area (Å²) in [6.45, 7) is 4.15. The number of amides is 2. The van der Waals surface area contributed by atoms with E-state index in [1.807, 2.05) is 35.2 Å². The van der Waals surface area contributed by atoms with Crippen LogP contribution >= 0.6 is 0 Å². The zero-order valence-electron chi connectivity index (χ0n) is 11.8. The zero-order valence-corrected chi connectivity index (χ0v) is 11.8. The Labute approximate surface area is 119 Å². The summed E-state index contributed by atoms with van der Waals surface area (Å²) in [6, 6.07) is 8.76. The van der Waals surface area contributed by atoms with Gasteiger partial charge >= 0.3 is 0 Å². The highest BCUT2D eigenvalue weighted by Gasteiger charge is 2.23. The van der Waals surface area contributed by atoms with Gasteiger partial charge < -0.3 is 15.5 Å². The standard InChI is InChI=1S/C15H21N3O2/c1-12(16)14(19)17-8-5-9-18(11-10-17)15(20)13-6-3-2-4-7-13/h2-4,6-7,12H,5,8-11,16H2,1H3/t12-/m1/s1. The van der Waals surface area contributed by atoms with E-state index in [2.05, 4.69) is 0 Å². The molecule has 1 aromatic carbocycles. The van der Waals surface area contributed by atoms with Gasteiger partial charge in [-0.05, 0) is 25.5 Å². The van der Waals surface area contributed by atoms with Crippen LogP contribution in [0.15, 0.2) is 30.3 Å². The third-order valence-corrected chi connectivity index (χ3v) is 3.51. The first-order valence-corrected chi connectivity index (χ1v) is 6.98. The van der Waals surface area contributed by atoms with Gasteiger partial charge in [0.1, 0.15) is 0 Å². The van der Waals surface area contributed by atoms with E-state index in [1.54, 1.807) is 11.8 Å². The summed E-state index contributed by atoms with van der Waals surface area (Å²) in [7, 11) is 0. The number of carbonyl (C=O) groups excluding carboxylic acids is 2. The van der Waals surface area contributed by atoms with Crippen LogP contribution in [0.25, 0.3) is 0 Å². The number of hydrogen-bond acceptors (Lipinski definition) is 3. The maximum absolute atomic E-state index is 12.4. The van der Waals surface area contributed by atoms with E-state index >= 15 is 0 Å². The lowest BCUT2D eigenvalue weighted by Gasteiger charge is -2.23. The molecule has 1 saturated heterocycles. The summed E-state index contributed by atoms with van der Waals surface area (Å²) in [5.41, 5.74) is 6.33. The predicted molar refractivity (Wildman–Crippen MR) is 77.2 cm³/mol. The van der Waals surface area contributed by atoms with Crippen molar-refractivity contribution in [2.45, 2.75) is 19.4 Å². The second-order valence-electron chi connectivity index (χ2n) is 5.13. The quantitative estimate of drug-likeness (QED) is 0.864. The molecule has 0 unspecified atom stereocenters. The van der Waals surface area contributed by atoms with Gasteiger partial charge in [-0.15, -0.1) is 0 Å². The first-order valence-electron chi connectivity index (χ1n) is 6.98. The maximum Gasteiger partial charge on any atom is 0.253 e. The van der Waals surface area contributed by atoms with Gasteiger partial charge in [-0.1, -0.05) is 18.2 Å². The fraction of sp³-hybridized carbons (Fsp3) is 0.467. The molecular formula is C15H21N3O2. The Kier molecular flexibility index (Phi) is 4.74. The van der Waals surface area contributed by atoms with Crippen LogP contribution in [-0.2, 0) is 4.79 Å². The highest BCUT2D eigenvalue weighted by atomic mass is 16.2. The molecular weight excluding hydrogens is 254 g/mol. The Hall–Kier alpha value is -1.88. The highest BCUT2D eigenvalue weighted by Crippen LogP contribution is 2.09. The molecule has 2 amide bonds. The Morgan fingerprint density at radius 3 is 2.30 bits per heavy atom. The van der Waals surface area contributed by atoms with Crippen molar-refractivity contribution in [3.63, 3.8) is 0 Å². The van der Waals surface area contributed by atoms with Crippen molar-refractivity contribution in [2.75, 3.05) is 26.2 Å². The molecule has 0 spiro atoms. The van der Waals surface area contributed by atoms with E-state index in [1.165, 1.54) is 0 Å². The van der Waals surface area contributed by atoms with E-state index in [4.69, 9.17) is 5.73 Å². The van der Waals surface area contributed by atoms with Gasteiger partial charge in [0.2, 0.25) is 5.91 Å². The van der Waals surface area contributed by atoms with Crippen molar-refractivity contribution < 1.29 is 9.59 Å². The molecule has 5 nitrogen and oxygen atoms in total. The second kappa shape index (κ2) is 6.52. The molecule has 2 N–H and O–H groups in total. The minimum atomic E-state index is -0.480. The number of carbonyl (C=O) groups is 2. The minimum absolute atomic E-state index is 0.0284. The average molecular weight is 275 g/mol. The second-order valence-corrected chi connectivity index (χ2v) is 5.13. The van der Waals surface area contributed by atoms with Crippen molar-refractivity contribution >= 4 is 11.8 Å². The Morgan fingerprint density at radius 2 is 1.65 bits per heavy atom. The summed E-state index contributed by atoms with van der Waals surface area (Å²) in [5.74, 6) is -0.0142. The van der Waals surface area contributed by atoms with Gasteiger partial charge in [0.15, 0.2) is 0 Å². The first-order chi connectivity index (χ1) is 9.59. The number of nitrogens with two attached hydrogens (primary N) is 1. The van der Waals surface area contributed by atoms with Gasteiger partial charge in [-0.25, -0.2) is 0 Å². The summed E-state index contributed by atoms with van der Waals surface area (Å²) >= 11 is 0. The molecule has 20 heavy (non-hydrogen) atoms. The molecule has 1 heterocycles. The van der Waals surface area contributed by atoms with Gasteiger partial charge in [0.05, 0.1) is 6.04 Å². The van der Waals surface area contributed by atoms with E-state index in [-0.39, 0.29) is 11.8 Å². The van der Waals surface area contributed by atoms with E-state index in [0.717, 1.165) is 6.42 Å². The summed E-state index contributed by atoms with van der Waals surface area (Å²) in [4.78, 5) is 27.8. The van der Waals surface area contributed by atoms with Gasteiger partial charge in [-0.2, -0.15) is 0 Å². The topological polar surface area (TPSA) is 66.6 Å². The van der Waals surface area contributed by atoms with Crippen molar-refractivity contribution in [3.05, 3.63) is 35.9 Å². The van der Waals surface area contributed by atoms with Crippen LogP contribution in [0, 0.1) is 0 Å². The Bertz CT molecular complexity index is 473. The molecule has 1 aromatic rings. The lowest BCUT2D eigenvalue weighted by Crippen LogP contribution is -2.44. The van der Waals surface area contributed by atoms with Crippen molar-refractivity contribution in [2.24, 2.45) is 5.73 Å². The Morgan fingerprint density at radius 1 is 1.05 bits per heavy atom. The largest absolute Gasteiger partial charge is 0.340 e. The van der Waals surface area contributed by atoms with E-state index < -0.39 is 6.04 Å². The molecule has 0 aromatic heterocycles. The van der Waals surface area contributed by atoms with Gasteiger partial charge in [-0.3, -0.25) is 9.59 Å². The number of benzene rings is 1. The van der Waals surface area contributed by atoms with Crippen LogP contribution < -0.4 is 5.73 Å². The van der Waals surface area contributed by atoms with Gasteiger partial charge in [0.25, 0.3) is 5.91 Å². The molecule has 108 valence electrons. The molecule has 1 aliphatic heterocycles. The summed E-state index contributed by atoms with van der Waals surface area (Å²) < 4.78 is 0. The maximum atomic E-state index is 12.4. The van der Waals surface area contributed by atoms with Crippen molar-refractivity contribution in [1.29, 1.82) is 0 Å². The lowest BCUT2D eigenvalue weighted by molar-refractivity contribution is -0.132. The highest BCUT2D eigenvalue weighted by molar-refractivity contribution is 5.94. The third kappa shape index (κ3) is 3.36. The molecule has 0 aliphatic carbocycles. The van der Waals surface area contributed by atoms with Crippen LogP contribution in [0.1, 0.15) is 23.7 Å². The van der Waals surface area contributed by atoms with Crippen LogP contribution in [0.4, 0.5) is 0 Å². The fourth-order valence-electron chi connectivity index (χ4n) is 2.39. The minimum Gasteiger partial charge on any atom is -0.340 e. The molecule has 0 radical (unpaired) electrons. The van der Waals surface area contributed by atoms with Crippen molar-refractivity contribution in [1.82, 2.24) is 9.80 Å². The summed E-state index contributed by atoms with van der Waals surface area (Å²) in [5, 5.41) is 0. The average Bonchev–Trinajstić information content (AvgIpc) is 2.72. The predicted octanol–water partition coefficient (Wildman–Crippen LogP) is 0.708. The molecule has 0 bridgehead atoms. The van der Waals surface area contributed by atoms with Crippen LogP contribution in [-0.4, -0.2) is 53.8 Å². The number of nitrogens with zero attached hydrogens (tertiary/aromatic N) is 2. The van der Waals surface area contributed by atoms with Crippen LogP contribution in [0.5, 0.6) is 0 Å². The molecule has 0 saturated carbocycles. The number of rotatable bonds is 2. The smallest absolute Gasteiger partial charge is 0.253 e. The lowest BCUT2D eigenvalue weighted by atomic mass is 10.2. The van der Waals surface area contributed by atoms with Crippen LogP contribution in [0.3, 0.4) is 0 Å². The van der Waals surface area contributed by atoms with E-state index in [0.29, 0.717) is 31.7 Å². The monoisotopic (exact) mass is 275 g/mol. The van der Waals surface area contributed by atoms with E-state index in [9.17, 15) is 9.59 Å². The zero-order chi connectivity index (χ0) is 14.5. The number of hydrogen-bond donors (Lipinski definition) is 1. The molecule has 1 aliphatic rings. The molecule has 5 heteroatoms. The Balaban J connectivity index is 1.99. The summed E-state index contributed by atoms with van der Waals surface area (Å²) in [6.07, 6.45) is 0.789. The third-order valence-electron chi connectivity index (χ3n) is 3.51. The molecule has 1 atom stereocenters.